The maximum Gasteiger partial charge on any atom is 0.160 e. The lowest BCUT2D eigenvalue weighted by molar-refractivity contribution is 0.559. The third-order valence-corrected chi connectivity index (χ3v) is 12.8. The van der Waals surface area contributed by atoms with Gasteiger partial charge >= 0.3 is 0 Å². The predicted molar refractivity (Wildman–Crippen MR) is 255 cm³/mol. The van der Waals surface area contributed by atoms with Crippen LogP contribution in [0.1, 0.15) is 23.7 Å². The third-order valence-electron chi connectivity index (χ3n) is 11.7. The Morgan fingerprint density at radius 2 is 1.13 bits per heavy atom. The molecule has 0 radical (unpaired) electrons. The highest BCUT2D eigenvalue weighted by atomic mass is 32.1. The highest BCUT2D eigenvalue weighted by Gasteiger charge is 2.23. The van der Waals surface area contributed by atoms with Gasteiger partial charge in [0.05, 0.1) is 17.1 Å². The molecule has 5 heteroatoms. The average Bonchev–Trinajstić information content (AvgIpc) is 3.73. The lowest BCUT2D eigenvalue weighted by atomic mass is 9.92. The molecule has 0 fully saturated rings. The van der Waals surface area contributed by atoms with Crippen molar-refractivity contribution in [2.45, 2.75) is 12.6 Å². The first kappa shape index (κ1) is 36.6. The smallest absolute Gasteiger partial charge is 0.160 e. The Bertz CT molecular complexity index is 3100. The molecular weight excluding hydrogens is 761 g/mol. The van der Waals surface area contributed by atoms with Crippen LogP contribution in [0.5, 0.6) is 0 Å². The Morgan fingerprint density at radius 3 is 1.84 bits per heavy atom. The van der Waals surface area contributed by atoms with Crippen LogP contribution in [0.15, 0.2) is 223 Å². The molecule has 1 aliphatic heterocycles. The quantitative estimate of drug-likeness (QED) is 0.167. The largest absolute Gasteiger partial charge is 0.363 e. The molecule has 0 saturated heterocycles. The van der Waals surface area contributed by atoms with Gasteiger partial charge in [0.1, 0.15) is 6.17 Å². The van der Waals surface area contributed by atoms with Gasteiger partial charge < -0.3 is 5.32 Å². The fourth-order valence-electron chi connectivity index (χ4n) is 8.50. The first-order valence-corrected chi connectivity index (χ1v) is 21.6. The number of hydrogen-bond acceptors (Lipinski definition) is 5. The maximum atomic E-state index is 5.24. The fraction of sp³-hybridized carbons (Fsp3) is 0.0536. The van der Waals surface area contributed by atoms with Crippen molar-refractivity contribution < 1.29 is 0 Å². The molecule has 1 N–H and O–H groups in total. The number of allylic oxidation sites excluding steroid dienone is 5. The van der Waals surface area contributed by atoms with Gasteiger partial charge in [-0.25, -0.2) is 9.97 Å². The molecule has 1 aliphatic carbocycles. The number of fused-ring (bicyclic) bond motifs is 3. The zero-order valence-electron chi connectivity index (χ0n) is 33.3. The van der Waals surface area contributed by atoms with Crippen LogP contribution in [-0.2, 0) is 0 Å². The van der Waals surface area contributed by atoms with Crippen molar-refractivity contribution in [2.75, 3.05) is 0 Å². The summed E-state index contributed by atoms with van der Waals surface area (Å²) in [6.07, 6.45) is 11.8. The summed E-state index contributed by atoms with van der Waals surface area (Å²) in [6, 6.07) is 64.5. The van der Waals surface area contributed by atoms with Crippen molar-refractivity contribution in [1.29, 1.82) is 0 Å². The highest BCUT2D eigenvalue weighted by Crippen LogP contribution is 2.43. The summed E-state index contributed by atoms with van der Waals surface area (Å²) in [5.74, 6) is 1.01. The third kappa shape index (κ3) is 7.30. The molecule has 2 atom stereocenters. The summed E-state index contributed by atoms with van der Waals surface area (Å²) in [5, 5.41) is 6.35. The van der Waals surface area contributed by atoms with Crippen molar-refractivity contribution in [3.8, 4) is 56.2 Å². The minimum atomic E-state index is -0.190. The SMILES string of the molecule is C1=CCC(C2=CC(c3ccccc3)=NC(c3ccc(-c4cc(-c5ccc(-c6cc(-c7ccccc7)nc(-c7ccccc7)n6)cc5)c5c(c4)sc4ccccc45)cc3)N2)C=C1. The van der Waals surface area contributed by atoms with Crippen LogP contribution in [0.2, 0.25) is 0 Å². The maximum absolute atomic E-state index is 5.24. The Balaban J connectivity index is 0.961. The molecule has 2 aromatic heterocycles. The summed E-state index contributed by atoms with van der Waals surface area (Å²) in [4.78, 5) is 15.3. The molecular formula is C56H40N4S. The first-order valence-electron chi connectivity index (χ1n) is 20.8. The number of aliphatic imine (C=N–C) groups is 1. The lowest BCUT2D eigenvalue weighted by Gasteiger charge is -2.28. The summed E-state index contributed by atoms with van der Waals surface area (Å²) in [7, 11) is 0. The molecule has 0 spiro atoms. The fourth-order valence-corrected chi connectivity index (χ4v) is 9.67. The number of thiophene rings is 1. The van der Waals surface area contributed by atoms with Crippen LogP contribution < -0.4 is 5.32 Å². The van der Waals surface area contributed by atoms with Gasteiger partial charge in [0, 0.05) is 48.5 Å². The number of benzene rings is 7. The van der Waals surface area contributed by atoms with E-state index in [4.69, 9.17) is 15.0 Å². The van der Waals surface area contributed by atoms with Crippen LogP contribution >= 0.6 is 11.3 Å². The van der Waals surface area contributed by atoms with E-state index in [0.717, 1.165) is 56.9 Å². The Hall–Kier alpha value is -7.47. The van der Waals surface area contributed by atoms with Crippen LogP contribution in [-0.4, -0.2) is 15.7 Å². The van der Waals surface area contributed by atoms with Crippen LogP contribution in [0, 0.1) is 5.92 Å². The average molecular weight is 801 g/mol. The molecule has 7 aromatic carbocycles. The molecule has 0 amide bonds. The second-order valence-electron chi connectivity index (χ2n) is 15.6. The minimum Gasteiger partial charge on any atom is -0.363 e. The van der Waals surface area contributed by atoms with Crippen molar-refractivity contribution in [3.63, 3.8) is 0 Å². The number of nitrogens with one attached hydrogen (secondary N) is 1. The van der Waals surface area contributed by atoms with Gasteiger partial charge in [-0.3, -0.25) is 4.99 Å². The van der Waals surface area contributed by atoms with Crippen LogP contribution in [0.4, 0.5) is 0 Å². The molecule has 4 nitrogen and oxygen atoms in total. The van der Waals surface area contributed by atoms with Gasteiger partial charge in [0.2, 0.25) is 0 Å². The van der Waals surface area contributed by atoms with Crippen LogP contribution in [0.3, 0.4) is 0 Å². The van der Waals surface area contributed by atoms with Gasteiger partial charge in [-0.15, -0.1) is 11.3 Å². The predicted octanol–water partition coefficient (Wildman–Crippen LogP) is 14.3. The number of aromatic nitrogens is 2. The monoisotopic (exact) mass is 800 g/mol. The van der Waals surface area contributed by atoms with E-state index in [0.29, 0.717) is 11.7 Å². The lowest BCUT2D eigenvalue weighted by Crippen LogP contribution is -2.29. The number of hydrogen-bond donors (Lipinski definition) is 1. The second kappa shape index (κ2) is 15.9. The standard InChI is InChI=1S/C56H40N4S/c1-5-15-39(16-6-1)48-35-49(40-17-7-2-8-18-40)59-56(58-48)44-31-25-37(26-32-44)45-33-47(54-46-23-13-14-24-52(46)61-53(54)34-45)38-27-29-42(30-28-38)51-36-50(41-19-9-3-10-20-41)57-55(60-51)43-21-11-4-12-22-43/h1-17,19-36,40,56,59H,18H2. The Labute approximate surface area is 359 Å². The van der Waals surface area contributed by atoms with E-state index in [9.17, 15) is 0 Å². The van der Waals surface area contributed by atoms with Gasteiger partial charge in [-0.05, 0) is 70.1 Å². The topological polar surface area (TPSA) is 50.2 Å². The summed E-state index contributed by atoms with van der Waals surface area (Å²) >= 11 is 1.85. The van der Waals surface area contributed by atoms with Crippen molar-refractivity contribution in [3.05, 3.63) is 229 Å². The van der Waals surface area contributed by atoms with E-state index in [2.05, 4.69) is 193 Å². The molecule has 2 aliphatic rings. The Morgan fingerprint density at radius 1 is 0.508 bits per heavy atom. The van der Waals surface area contributed by atoms with Crippen LogP contribution in [0.25, 0.3) is 76.3 Å². The van der Waals surface area contributed by atoms with E-state index < -0.39 is 0 Å². The molecule has 3 heterocycles. The summed E-state index contributed by atoms with van der Waals surface area (Å²) in [6.45, 7) is 0. The summed E-state index contributed by atoms with van der Waals surface area (Å²) < 4.78 is 2.56. The molecule has 11 rings (SSSR count). The minimum absolute atomic E-state index is 0.190. The van der Waals surface area contributed by atoms with Gasteiger partial charge in [-0.1, -0.05) is 182 Å². The second-order valence-corrected chi connectivity index (χ2v) is 16.7. The normalized spacial score (nSPS) is 16.0. The van der Waals surface area contributed by atoms with Gasteiger partial charge in [-0.2, -0.15) is 0 Å². The Kier molecular flexibility index (Phi) is 9.57. The molecule has 0 bridgehead atoms. The molecule has 61 heavy (non-hydrogen) atoms. The summed E-state index contributed by atoms with van der Waals surface area (Å²) in [5.41, 5.74) is 14.1. The van der Waals surface area contributed by atoms with E-state index in [1.165, 1.54) is 42.6 Å². The zero-order chi connectivity index (χ0) is 40.5. The number of nitrogens with zero attached hydrogens (tertiary/aromatic N) is 3. The first-order chi connectivity index (χ1) is 30.2. The van der Waals surface area contributed by atoms with E-state index in [-0.39, 0.29) is 6.17 Å². The molecule has 0 saturated carbocycles. The van der Waals surface area contributed by atoms with E-state index in [1.54, 1.807) is 0 Å². The van der Waals surface area contributed by atoms with E-state index >= 15 is 0 Å². The molecule has 2 unspecified atom stereocenters. The molecule has 290 valence electrons. The van der Waals surface area contributed by atoms with E-state index in [1.807, 2.05) is 35.6 Å². The zero-order valence-corrected chi connectivity index (χ0v) is 34.1. The molecule has 9 aromatic rings. The van der Waals surface area contributed by atoms with Gasteiger partial charge in [0.25, 0.3) is 0 Å². The van der Waals surface area contributed by atoms with Gasteiger partial charge in [0.15, 0.2) is 5.82 Å². The van der Waals surface area contributed by atoms with Crippen molar-refractivity contribution in [1.82, 2.24) is 15.3 Å². The van der Waals surface area contributed by atoms with Crippen molar-refractivity contribution in [2.24, 2.45) is 10.9 Å². The van der Waals surface area contributed by atoms with Crippen molar-refractivity contribution >= 4 is 37.2 Å². The highest BCUT2D eigenvalue weighted by molar-refractivity contribution is 7.26. The number of rotatable bonds is 8.